The first-order valence-corrected chi connectivity index (χ1v) is 31.7. The topological polar surface area (TPSA) is 362 Å². The SMILES string of the molecule is CC(C)C(=O)Nc1nc2c(nc(C#Cc3ccc(-c4ccc(C#Cc5nc6c(=O)[nH]c(NC(=O)C(C)C)nc6n5[C@@H]5O[C@H](COC(=O)C(C)C)[C@@H](OC(=O)C(C)C)[C@H]5OC(=O)C(C)C)cc4)cc3)n2[C@@H]2O[C@H](COC(=O)C(C)C)[C@@H](OC(=O)C(C)C)[C@H]2OC(=O)C(C)C)c(=O)[nH]1. The number of benzene rings is 2. The van der Waals surface area contributed by atoms with E-state index in [0.29, 0.717) is 11.1 Å². The summed E-state index contributed by atoms with van der Waals surface area (Å²) in [4.78, 5) is 157. The van der Waals surface area contributed by atoms with E-state index in [4.69, 9.17) is 37.9 Å². The summed E-state index contributed by atoms with van der Waals surface area (Å²) in [5.74, 6) is 1.85. The molecule has 0 radical (unpaired) electrons. The molecular weight excluding hydrogens is 1240 g/mol. The number of anilines is 2. The second-order valence-corrected chi connectivity index (χ2v) is 25.7. The van der Waals surface area contributed by atoms with Gasteiger partial charge < -0.3 is 37.9 Å². The summed E-state index contributed by atoms with van der Waals surface area (Å²) < 4.78 is 51.1. The zero-order valence-electron chi connectivity index (χ0n) is 56.3. The minimum Gasteiger partial charge on any atom is -0.463 e. The average molecular weight is 1330 g/mol. The van der Waals surface area contributed by atoms with Crippen LogP contribution in [0.1, 0.15) is 146 Å². The Morgan fingerprint density at radius 3 is 1.02 bits per heavy atom. The number of hydrogen-bond donors (Lipinski definition) is 4. The molecule has 0 saturated carbocycles. The van der Waals surface area contributed by atoms with Crippen LogP contribution in [-0.2, 0) is 76.3 Å². The van der Waals surface area contributed by atoms with Crippen molar-refractivity contribution >= 4 is 81.9 Å². The van der Waals surface area contributed by atoms with E-state index < -0.39 is 168 Å². The molecule has 0 aliphatic carbocycles. The molecule has 6 heterocycles. The van der Waals surface area contributed by atoms with Crippen LogP contribution >= 0.6 is 0 Å². The maximum absolute atomic E-state index is 13.9. The lowest BCUT2D eigenvalue weighted by Gasteiger charge is -2.26. The van der Waals surface area contributed by atoms with Gasteiger partial charge in [0.1, 0.15) is 25.4 Å². The van der Waals surface area contributed by atoms with Gasteiger partial charge in [-0.15, -0.1) is 0 Å². The van der Waals surface area contributed by atoms with Gasteiger partial charge in [0, 0.05) is 23.0 Å². The van der Waals surface area contributed by atoms with Gasteiger partial charge in [-0.05, 0) is 47.2 Å². The van der Waals surface area contributed by atoms with E-state index in [0.717, 1.165) is 11.1 Å². The Bertz CT molecular complexity index is 3930. The molecule has 0 spiro atoms. The predicted molar refractivity (Wildman–Crippen MR) is 345 cm³/mol. The summed E-state index contributed by atoms with van der Waals surface area (Å²) in [5.41, 5.74) is 0.103. The molecule has 28 heteroatoms. The van der Waals surface area contributed by atoms with Crippen molar-refractivity contribution in [1.82, 2.24) is 39.0 Å². The molecular formula is C68H80N10O18. The Labute approximate surface area is 553 Å². The van der Waals surface area contributed by atoms with Gasteiger partial charge in [0.15, 0.2) is 70.8 Å². The van der Waals surface area contributed by atoms with Crippen LogP contribution in [0.2, 0.25) is 0 Å². The van der Waals surface area contributed by atoms with Gasteiger partial charge in [-0.2, -0.15) is 9.97 Å². The highest BCUT2D eigenvalue weighted by Crippen LogP contribution is 2.40. The number of fused-ring (bicyclic) bond motifs is 2. The third-order valence-corrected chi connectivity index (χ3v) is 15.1. The van der Waals surface area contributed by atoms with Gasteiger partial charge in [0.05, 0.1) is 35.5 Å². The summed E-state index contributed by atoms with van der Waals surface area (Å²) in [6.07, 6.45) is -11.1. The first-order chi connectivity index (χ1) is 45.3. The number of nitrogens with zero attached hydrogens (tertiary/aromatic N) is 6. The third kappa shape index (κ3) is 16.7. The Morgan fingerprint density at radius 2 is 0.729 bits per heavy atom. The number of imidazole rings is 2. The van der Waals surface area contributed by atoms with Crippen molar-refractivity contribution in [3.05, 3.63) is 92.0 Å². The van der Waals surface area contributed by atoms with Crippen molar-refractivity contribution in [2.24, 2.45) is 47.3 Å². The predicted octanol–water partition coefficient (Wildman–Crippen LogP) is 6.67. The van der Waals surface area contributed by atoms with Crippen molar-refractivity contribution in [2.45, 2.75) is 160 Å². The highest BCUT2D eigenvalue weighted by Gasteiger charge is 2.54. The number of esters is 6. The van der Waals surface area contributed by atoms with Crippen molar-refractivity contribution in [3.8, 4) is 34.8 Å². The van der Waals surface area contributed by atoms with Gasteiger partial charge >= 0.3 is 35.8 Å². The summed E-state index contributed by atoms with van der Waals surface area (Å²) in [5, 5.41) is 5.19. The van der Waals surface area contributed by atoms with Crippen LogP contribution in [0.25, 0.3) is 33.5 Å². The third-order valence-electron chi connectivity index (χ3n) is 15.1. The van der Waals surface area contributed by atoms with E-state index in [2.05, 4.69) is 64.2 Å². The molecule has 2 aromatic carbocycles. The van der Waals surface area contributed by atoms with E-state index >= 15 is 0 Å². The van der Waals surface area contributed by atoms with Crippen LogP contribution in [0.4, 0.5) is 11.9 Å². The molecule has 510 valence electrons. The molecule has 4 aromatic heterocycles. The maximum Gasteiger partial charge on any atom is 0.308 e. The fraction of sp³-hybridized carbons (Fsp3) is 0.500. The van der Waals surface area contributed by atoms with Crippen LogP contribution in [0.15, 0.2) is 58.1 Å². The standard InChI is InChI=1S/C68H80N10O18/c1-31(2)55(79)73-67-71-53-47(57(81)75-67)69-45(77(53)59-51(95-65(87)37(13)14)49(93-63(85)35(9)10)43(91-59)29-89-61(83)33(5)6)27-21-39-17-23-41(24-18-39)42-25-19-40(20-26-42)22-28-46-70-48-54(72-68(76-58(48)82)74-56(80)32(3)4)78(46)60-52(96-66(88)38(15)16)50(94-64(86)36(11)12)44(92-60)30-90-62(84)34(7)8/h17-20,23-26,31-38,43-44,49-52,59-60H,29-30H2,1-16H3,(H2,71,73,75,79,81)(H2,72,74,76,80,82)/t43-,44-,49-,50-,51-,52-,59-,60-/m1/s1. The van der Waals surface area contributed by atoms with E-state index in [9.17, 15) is 47.9 Å². The summed E-state index contributed by atoms with van der Waals surface area (Å²) in [6.45, 7) is 25.1. The molecule has 2 amide bonds. The van der Waals surface area contributed by atoms with Gasteiger partial charge in [0.25, 0.3) is 11.1 Å². The largest absolute Gasteiger partial charge is 0.463 e. The molecule has 2 fully saturated rings. The molecule has 0 unspecified atom stereocenters. The number of ether oxygens (including phenoxy) is 8. The smallest absolute Gasteiger partial charge is 0.308 e. The van der Waals surface area contributed by atoms with Gasteiger partial charge in [-0.25, -0.2) is 9.97 Å². The molecule has 2 aliphatic heterocycles. The normalized spacial score (nSPS) is 19.2. The molecule has 2 saturated heterocycles. The molecule has 6 aromatic rings. The van der Waals surface area contributed by atoms with E-state index in [1.165, 1.54) is 9.13 Å². The number of H-pyrrole nitrogens is 2. The lowest BCUT2D eigenvalue weighted by molar-refractivity contribution is -0.173. The highest BCUT2D eigenvalue weighted by atomic mass is 16.7. The number of aromatic amines is 2. The average Bonchev–Trinajstić information content (AvgIpc) is 1.60. The second-order valence-electron chi connectivity index (χ2n) is 25.7. The molecule has 0 bridgehead atoms. The zero-order valence-corrected chi connectivity index (χ0v) is 56.3. The van der Waals surface area contributed by atoms with Crippen LogP contribution in [0.5, 0.6) is 0 Å². The van der Waals surface area contributed by atoms with Gasteiger partial charge in [-0.3, -0.25) is 77.7 Å². The minimum absolute atomic E-state index is 0.117. The summed E-state index contributed by atoms with van der Waals surface area (Å²) in [7, 11) is 0. The van der Waals surface area contributed by atoms with Gasteiger partial charge in [0.2, 0.25) is 23.7 Å². The summed E-state index contributed by atoms with van der Waals surface area (Å²) in [6, 6.07) is 14.2. The molecule has 2 aliphatic rings. The zero-order chi connectivity index (χ0) is 70.3. The molecule has 28 nitrogen and oxygen atoms in total. The van der Waals surface area contributed by atoms with Crippen molar-refractivity contribution in [3.63, 3.8) is 0 Å². The lowest BCUT2D eigenvalue weighted by Crippen LogP contribution is -2.42. The van der Waals surface area contributed by atoms with E-state index in [1.54, 1.807) is 159 Å². The molecule has 8 atom stereocenters. The Kier molecular flexibility index (Phi) is 22.9. The van der Waals surface area contributed by atoms with Crippen LogP contribution in [-0.4, -0.2) is 137 Å². The minimum atomic E-state index is -1.47. The van der Waals surface area contributed by atoms with E-state index in [-0.39, 0.29) is 45.9 Å². The quantitative estimate of drug-likeness (QED) is 0.0332. The number of rotatable bonds is 21. The summed E-state index contributed by atoms with van der Waals surface area (Å²) >= 11 is 0. The number of carbonyl (C=O) groups excluding carboxylic acids is 8. The van der Waals surface area contributed by atoms with Crippen molar-refractivity contribution in [2.75, 3.05) is 23.8 Å². The highest BCUT2D eigenvalue weighted by molar-refractivity contribution is 5.92. The van der Waals surface area contributed by atoms with Crippen LogP contribution in [0.3, 0.4) is 0 Å². The number of carbonyl (C=O) groups is 8. The first kappa shape index (κ1) is 71.8. The first-order valence-electron chi connectivity index (χ1n) is 31.7. The fourth-order valence-electron chi connectivity index (χ4n) is 9.39. The second kappa shape index (κ2) is 30.6. The molecule has 8 rings (SSSR count). The Hall–Kier alpha value is -10.1. The maximum atomic E-state index is 13.9. The number of hydrogen-bond acceptors (Lipinski definition) is 22. The Morgan fingerprint density at radius 1 is 0.427 bits per heavy atom. The lowest BCUT2D eigenvalue weighted by atomic mass is 10.0. The number of aromatic nitrogens is 8. The van der Waals surface area contributed by atoms with E-state index in [1.807, 2.05) is 0 Å². The van der Waals surface area contributed by atoms with Gasteiger partial charge in [-0.1, -0.05) is 147 Å². The molecule has 96 heavy (non-hydrogen) atoms. The Balaban J connectivity index is 1.17. The van der Waals surface area contributed by atoms with Crippen LogP contribution in [0, 0.1) is 71.0 Å². The van der Waals surface area contributed by atoms with Crippen molar-refractivity contribution < 1.29 is 76.3 Å². The number of amides is 2. The van der Waals surface area contributed by atoms with Crippen LogP contribution < -0.4 is 21.8 Å². The molecule has 4 N–H and O–H groups in total. The van der Waals surface area contributed by atoms with Crippen molar-refractivity contribution in [1.29, 1.82) is 0 Å². The fourth-order valence-corrected chi connectivity index (χ4v) is 9.39. The monoisotopic (exact) mass is 1320 g/mol. The number of nitrogens with one attached hydrogen (secondary N) is 4.